The zero-order chi connectivity index (χ0) is 10.8. The van der Waals surface area contributed by atoms with Crippen LogP contribution in [0.25, 0.3) is 0 Å². The smallest absolute Gasteiger partial charge is 0.224 e. The molecule has 0 aromatic carbocycles. The summed E-state index contributed by atoms with van der Waals surface area (Å²) in [5.74, 6) is 1.36. The predicted molar refractivity (Wildman–Crippen MR) is 58.2 cm³/mol. The minimum Gasteiger partial charge on any atom is -0.394 e. The maximum absolute atomic E-state index is 11.9. The zero-order valence-electron chi connectivity index (χ0n) is 9.15. The van der Waals surface area contributed by atoms with E-state index in [0.717, 1.165) is 19.3 Å². The van der Waals surface area contributed by atoms with Crippen molar-refractivity contribution in [2.24, 2.45) is 17.8 Å². The highest BCUT2D eigenvalue weighted by Gasteiger charge is 2.39. The maximum atomic E-state index is 11.9. The zero-order valence-corrected chi connectivity index (χ0v) is 9.15. The number of amides is 1. The first kappa shape index (κ1) is 10.7. The first-order chi connectivity index (χ1) is 7.24. The average Bonchev–Trinajstić information content (AvgIpc) is 2.87. The van der Waals surface area contributed by atoms with Crippen molar-refractivity contribution >= 4 is 5.91 Å². The Kier molecular flexibility index (Phi) is 3.10. The van der Waals surface area contributed by atoms with Crippen LogP contribution in [-0.4, -0.2) is 23.7 Å². The van der Waals surface area contributed by atoms with Crippen molar-refractivity contribution in [1.82, 2.24) is 5.32 Å². The van der Waals surface area contributed by atoms with Crippen LogP contribution in [0.15, 0.2) is 12.2 Å². The third kappa shape index (κ3) is 2.07. The largest absolute Gasteiger partial charge is 0.394 e. The second-order valence-corrected chi connectivity index (χ2v) is 4.68. The highest BCUT2D eigenvalue weighted by molar-refractivity contribution is 5.80. The first-order valence-electron chi connectivity index (χ1n) is 5.84. The van der Waals surface area contributed by atoms with Gasteiger partial charge in [0.15, 0.2) is 0 Å². The number of carbonyl (C=O) groups is 1. The molecule has 0 radical (unpaired) electrons. The first-order valence-corrected chi connectivity index (χ1v) is 5.84. The molecule has 0 aliphatic heterocycles. The Bertz CT molecular complexity index is 271. The Morgan fingerprint density at radius 2 is 2.33 bits per heavy atom. The number of nitrogens with one attached hydrogen (secondary N) is 1. The molecule has 0 spiro atoms. The molecule has 2 bridgehead atoms. The molecule has 3 nitrogen and oxygen atoms in total. The van der Waals surface area contributed by atoms with Crippen LogP contribution in [0.4, 0.5) is 0 Å². The number of hydrogen-bond acceptors (Lipinski definition) is 2. The number of aliphatic hydroxyl groups excluding tert-OH is 1. The second kappa shape index (κ2) is 4.35. The lowest BCUT2D eigenvalue weighted by Crippen LogP contribution is -2.41. The van der Waals surface area contributed by atoms with E-state index in [2.05, 4.69) is 17.5 Å². The normalized spacial score (nSPS) is 34.4. The number of carbonyl (C=O) groups excluding carboxylic acids is 1. The minimum absolute atomic E-state index is 0.0406. The third-order valence-corrected chi connectivity index (χ3v) is 3.68. The molecule has 2 aliphatic rings. The molecule has 3 heteroatoms. The Morgan fingerprint density at radius 1 is 1.53 bits per heavy atom. The van der Waals surface area contributed by atoms with Crippen molar-refractivity contribution in [1.29, 1.82) is 0 Å². The molecular weight excluding hydrogens is 190 g/mol. The van der Waals surface area contributed by atoms with Crippen molar-refractivity contribution in [2.45, 2.75) is 32.2 Å². The minimum atomic E-state index is -0.0689. The van der Waals surface area contributed by atoms with Crippen LogP contribution in [0.2, 0.25) is 0 Å². The number of rotatable bonds is 4. The van der Waals surface area contributed by atoms with Gasteiger partial charge in [-0.15, -0.1) is 0 Å². The van der Waals surface area contributed by atoms with Gasteiger partial charge in [0.1, 0.15) is 0 Å². The van der Waals surface area contributed by atoms with E-state index < -0.39 is 0 Å². The van der Waals surface area contributed by atoms with E-state index in [1.165, 1.54) is 0 Å². The fourth-order valence-electron chi connectivity index (χ4n) is 2.67. The van der Waals surface area contributed by atoms with Gasteiger partial charge in [0, 0.05) is 5.92 Å². The van der Waals surface area contributed by atoms with Crippen LogP contribution in [0.3, 0.4) is 0 Å². The van der Waals surface area contributed by atoms with Crippen LogP contribution >= 0.6 is 0 Å². The maximum Gasteiger partial charge on any atom is 0.224 e. The Hall–Kier alpha value is -0.830. The number of fused-ring (bicyclic) bond motifs is 2. The molecule has 84 valence electrons. The van der Waals surface area contributed by atoms with Gasteiger partial charge in [0.05, 0.1) is 12.6 Å². The van der Waals surface area contributed by atoms with E-state index in [0.29, 0.717) is 11.8 Å². The van der Waals surface area contributed by atoms with Gasteiger partial charge in [0.2, 0.25) is 5.91 Å². The van der Waals surface area contributed by atoms with Gasteiger partial charge in [-0.2, -0.15) is 0 Å². The van der Waals surface area contributed by atoms with Gasteiger partial charge in [-0.25, -0.2) is 0 Å². The summed E-state index contributed by atoms with van der Waals surface area (Å²) in [6.45, 7) is 2.01. The monoisotopic (exact) mass is 209 g/mol. The van der Waals surface area contributed by atoms with Gasteiger partial charge in [-0.1, -0.05) is 19.1 Å². The molecule has 4 atom stereocenters. The third-order valence-electron chi connectivity index (χ3n) is 3.68. The fourth-order valence-corrected chi connectivity index (χ4v) is 2.67. The summed E-state index contributed by atoms with van der Waals surface area (Å²) < 4.78 is 0. The highest BCUT2D eigenvalue weighted by Crippen LogP contribution is 2.43. The van der Waals surface area contributed by atoms with Crippen LogP contribution in [-0.2, 0) is 4.79 Å². The van der Waals surface area contributed by atoms with E-state index in [1.807, 2.05) is 6.92 Å². The molecule has 1 fully saturated rings. The van der Waals surface area contributed by atoms with Crippen molar-refractivity contribution in [3.05, 3.63) is 12.2 Å². The molecule has 15 heavy (non-hydrogen) atoms. The summed E-state index contributed by atoms with van der Waals surface area (Å²) in [5, 5.41) is 11.9. The highest BCUT2D eigenvalue weighted by atomic mass is 16.3. The molecule has 2 N–H and O–H groups in total. The fraction of sp³-hybridized carbons (Fsp3) is 0.750. The molecule has 2 aliphatic carbocycles. The van der Waals surface area contributed by atoms with Gasteiger partial charge < -0.3 is 10.4 Å². The van der Waals surface area contributed by atoms with E-state index in [4.69, 9.17) is 5.11 Å². The predicted octanol–water partition coefficient (Wildman–Crippen LogP) is 1.09. The van der Waals surface area contributed by atoms with Gasteiger partial charge in [-0.05, 0) is 31.1 Å². The van der Waals surface area contributed by atoms with Crippen molar-refractivity contribution < 1.29 is 9.90 Å². The molecule has 0 aromatic rings. The molecule has 0 heterocycles. The SMILES string of the molecule is CCC(CO)NC(=O)C1CC2C=CC1C2. The number of allylic oxidation sites excluding steroid dienone is 2. The lowest BCUT2D eigenvalue weighted by Gasteiger charge is -2.21. The standard InChI is InChI=1S/C12H19NO2/c1-2-10(7-14)13-12(15)11-6-8-3-4-9(11)5-8/h3-4,8-11,14H,2,5-7H2,1H3,(H,13,15). The summed E-state index contributed by atoms with van der Waals surface area (Å²) in [6, 6.07) is -0.0689. The Balaban J connectivity index is 1.89. The number of aliphatic hydroxyl groups is 1. The Labute approximate surface area is 90.6 Å². The van der Waals surface area contributed by atoms with Gasteiger partial charge >= 0.3 is 0 Å². The second-order valence-electron chi connectivity index (χ2n) is 4.68. The number of hydrogen-bond donors (Lipinski definition) is 2. The van der Waals surface area contributed by atoms with Gasteiger partial charge in [0.25, 0.3) is 0 Å². The van der Waals surface area contributed by atoms with E-state index >= 15 is 0 Å². The van der Waals surface area contributed by atoms with Crippen molar-refractivity contribution in [3.63, 3.8) is 0 Å². The molecule has 2 rings (SSSR count). The molecule has 1 amide bonds. The summed E-state index contributed by atoms with van der Waals surface area (Å²) in [7, 11) is 0. The molecule has 0 saturated heterocycles. The molecular formula is C12H19NO2. The molecule has 0 aromatic heterocycles. The average molecular weight is 209 g/mol. The summed E-state index contributed by atoms with van der Waals surface area (Å²) in [4.78, 5) is 11.9. The van der Waals surface area contributed by atoms with Crippen LogP contribution < -0.4 is 5.32 Å². The van der Waals surface area contributed by atoms with E-state index in [-0.39, 0.29) is 24.5 Å². The van der Waals surface area contributed by atoms with Crippen molar-refractivity contribution in [3.8, 4) is 0 Å². The van der Waals surface area contributed by atoms with Crippen molar-refractivity contribution in [2.75, 3.05) is 6.61 Å². The quantitative estimate of drug-likeness (QED) is 0.681. The van der Waals surface area contributed by atoms with Crippen LogP contribution in [0.1, 0.15) is 26.2 Å². The lowest BCUT2D eigenvalue weighted by atomic mass is 9.92. The van der Waals surface area contributed by atoms with E-state index in [1.54, 1.807) is 0 Å². The lowest BCUT2D eigenvalue weighted by molar-refractivity contribution is -0.126. The topological polar surface area (TPSA) is 49.3 Å². The molecule has 4 unspecified atom stereocenters. The molecule has 1 saturated carbocycles. The summed E-state index contributed by atoms with van der Waals surface area (Å²) in [6.07, 6.45) is 7.35. The van der Waals surface area contributed by atoms with Gasteiger partial charge in [-0.3, -0.25) is 4.79 Å². The Morgan fingerprint density at radius 3 is 2.80 bits per heavy atom. The summed E-state index contributed by atoms with van der Waals surface area (Å²) >= 11 is 0. The summed E-state index contributed by atoms with van der Waals surface area (Å²) in [5.41, 5.74) is 0. The van der Waals surface area contributed by atoms with Crippen LogP contribution in [0.5, 0.6) is 0 Å². The van der Waals surface area contributed by atoms with E-state index in [9.17, 15) is 4.79 Å². The van der Waals surface area contributed by atoms with Crippen LogP contribution in [0, 0.1) is 17.8 Å².